The van der Waals surface area contributed by atoms with Crippen molar-refractivity contribution in [3.63, 3.8) is 0 Å². The van der Waals surface area contributed by atoms with E-state index in [1.165, 1.54) is 6.20 Å². The van der Waals surface area contributed by atoms with Gasteiger partial charge >= 0.3 is 0 Å². The predicted octanol–water partition coefficient (Wildman–Crippen LogP) is 0.987. The van der Waals surface area contributed by atoms with Crippen molar-refractivity contribution in [2.45, 2.75) is 13.0 Å². The predicted molar refractivity (Wildman–Crippen MR) is 84.9 cm³/mol. The van der Waals surface area contributed by atoms with Gasteiger partial charge in [-0.15, -0.1) is 0 Å². The highest BCUT2D eigenvalue weighted by Gasteiger charge is 2.10. The average molecular weight is 311 g/mol. The van der Waals surface area contributed by atoms with Crippen LogP contribution < -0.4 is 5.32 Å². The number of carbonyl (C=O) groups is 1. The zero-order valence-electron chi connectivity index (χ0n) is 12.5. The lowest BCUT2D eigenvalue weighted by atomic mass is 10.2. The van der Waals surface area contributed by atoms with Crippen molar-refractivity contribution in [1.29, 1.82) is 0 Å². The van der Waals surface area contributed by atoms with Crippen LogP contribution in [0.5, 0.6) is 0 Å². The fourth-order valence-corrected chi connectivity index (χ4v) is 2.26. The van der Waals surface area contributed by atoms with E-state index in [1.807, 2.05) is 16.7 Å². The molecule has 0 aliphatic carbocycles. The molecule has 0 unspecified atom stereocenters. The van der Waals surface area contributed by atoms with Crippen molar-refractivity contribution in [2.24, 2.45) is 0 Å². The molecule has 0 fully saturated rings. The van der Waals surface area contributed by atoms with Crippen molar-refractivity contribution >= 4 is 17.1 Å². The Morgan fingerprint density at radius 3 is 3.00 bits per heavy atom. The number of carbonyl (C=O) groups excluding carboxylic acids is 1. The van der Waals surface area contributed by atoms with Crippen LogP contribution in [0.1, 0.15) is 22.3 Å². The number of rotatable bonds is 6. The molecule has 0 saturated carbocycles. The summed E-state index contributed by atoms with van der Waals surface area (Å²) in [7, 11) is 0. The molecule has 0 bridgehead atoms. The van der Waals surface area contributed by atoms with Crippen molar-refractivity contribution in [1.82, 2.24) is 24.8 Å². The highest BCUT2D eigenvalue weighted by atomic mass is 16.3. The molecular weight excluding hydrogens is 294 g/mol. The minimum absolute atomic E-state index is 0.0519. The number of nitrogens with zero attached hydrogens (tertiary/aromatic N) is 4. The highest BCUT2D eigenvalue weighted by Crippen LogP contribution is 2.13. The molecule has 118 valence electrons. The van der Waals surface area contributed by atoms with Gasteiger partial charge in [-0.3, -0.25) is 9.78 Å². The molecule has 7 heteroatoms. The maximum Gasteiger partial charge on any atom is 0.252 e. The third-order valence-corrected chi connectivity index (χ3v) is 3.41. The molecule has 0 aliphatic heterocycles. The van der Waals surface area contributed by atoms with Gasteiger partial charge < -0.3 is 15.0 Å². The first-order chi connectivity index (χ1) is 11.3. The Balaban J connectivity index is 1.78. The van der Waals surface area contributed by atoms with Crippen LogP contribution in [-0.2, 0) is 6.54 Å². The molecule has 23 heavy (non-hydrogen) atoms. The van der Waals surface area contributed by atoms with Gasteiger partial charge in [0.05, 0.1) is 18.4 Å². The molecule has 0 aliphatic rings. The largest absolute Gasteiger partial charge is 0.396 e. The van der Waals surface area contributed by atoms with Crippen LogP contribution in [0.2, 0.25) is 0 Å². The van der Waals surface area contributed by atoms with E-state index in [9.17, 15) is 4.79 Å². The van der Waals surface area contributed by atoms with Crippen LogP contribution in [0.15, 0.2) is 43.1 Å². The molecular formula is C16H17N5O2. The third-order valence-electron chi connectivity index (χ3n) is 3.41. The van der Waals surface area contributed by atoms with Crippen LogP contribution in [0.25, 0.3) is 11.2 Å². The Hall–Kier alpha value is -2.80. The zero-order valence-corrected chi connectivity index (χ0v) is 12.5. The Kier molecular flexibility index (Phi) is 4.58. The summed E-state index contributed by atoms with van der Waals surface area (Å²) in [4.78, 5) is 24.7. The molecule has 3 rings (SSSR count). The second-order valence-corrected chi connectivity index (χ2v) is 5.13. The first kappa shape index (κ1) is 15.1. The summed E-state index contributed by atoms with van der Waals surface area (Å²) < 4.78 is 1.92. The topological polar surface area (TPSA) is 92.9 Å². The normalized spacial score (nSPS) is 10.8. The minimum atomic E-state index is -0.213. The van der Waals surface area contributed by atoms with E-state index in [1.54, 1.807) is 24.8 Å². The van der Waals surface area contributed by atoms with Gasteiger partial charge in [0.15, 0.2) is 5.65 Å². The number of pyridine rings is 2. The Morgan fingerprint density at radius 1 is 1.30 bits per heavy atom. The molecule has 1 amide bonds. The standard InChI is InChI=1S/C16H17N5O2/c22-6-2-5-18-16(23)13-7-14-15(19-9-13)21(11-20-14)10-12-3-1-4-17-8-12/h1,3-4,7-9,11,22H,2,5-6,10H2,(H,18,23). The van der Waals surface area contributed by atoms with Gasteiger partial charge in [0.25, 0.3) is 5.91 Å². The second kappa shape index (κ2) is 6.97. The van der Waals surface area contributed by atoms with Gasteiger partial charge in [0.1, 0.15) is 5.52 Å². The van der Waals surface area contributed by atoms with Crippen molar-refractivity contribution in [3.8, 4) is 0 Å². The number of amides is 1. The zero-order chi connectivity index (χ0) is 16.1. The molecule has 0 spiro atoms. The summed E-state index contributed by atoms with van der Waals surface area (Å²) >= 11 is 0. The molecule has 0 saturated heterocycles. The van der Waals surface area contributed by atoms with E-state index >= 15 is 0 Å². The Morgan fingerprint density at radius 2 is 2.22 bits per heavy atom. The van der Waals surface area contributed by atoms with E-state index in [-0.39, 0.29) is 12.5 Å². The van der Waals surface area contributed by atoms with Crippen molar-refractivity contribution in [3.05, 3.63) is 54.2 Å². The highest BCUT2D eigenvalue weighted by molar-refractivity contribution is 5.96. The number of imidazole rings is 1. The smallest absolute Gasteiger partial charge is 0.252 e. The maximum absolute atomic E-state index is 12.0. The van der Waals surface area contributed by atoms with E-state index in [2.05, 4.69) is 20.3 Å². The van der Waals surface area contributed by atoms with Gasteiger partial charge in [0.2, 0.25) is 0 Å². The Bertz CT molecular complexity index is 801. The van der Waals surface area contributed by atoms with Crippen LogP contribution in [0, 0.1) is 0 Å². The van der Waals surface area contributed by atoms with Gasteiger partial charge in [-0.25, -0.2) is 9.97 Å². The number of aliphatic hydroxyl groups is 1. The summed E-state index contributed by atoms with van der Waals surface area (Å²) in [5.41, 5.74) is 2.91. The van der Waals surface area contributed by atoms with E-state index in [0.717, 1.165) is 11.2 Å². The molecule has 2 N–H and O–H groups in total. The number of aromatic nitrogens is 4. The fourth-order valence-electron chi connectivity index (χ4n) is 2.26. The van der Waals surface area contributed by atoms with Crippen LogP contribution >= 0.6 is 0 Å². The average Bonchev–Trinajstić information content (AvgIpc) is 2.98. The number of hydrogen-bond acceptors (Lipinski definition) is 5. The lowest BCUT2D eigenvalue weighted by Crippen LogP contribution is -2.25. The van der Waals surface area contributed by atoms with Crippen molar-refractivity contribution < 1.29 is 9.90 Å². The lowest BCUT2D eigenvalue weighted by molar-refractivity contribution is 0.0951. The molecule has 3 aromatic heterocycles. The van der Waals surface area contributed by atoms with Crippen LogP contribution in [-0.4, -0.2) is 43.7 Å². The number of fused-ring (bicyclic) bond motifs is 1. The number of hydrogen-bond donors (Lipinski definition) is 2. The summed E-state index contributed by atoms with van der Waals surface area (Å²) in [5, 5.41) is 11.5. The molecule has 3 aromatic rings. The molecule has 3 heterocycles. The van der Waals surface area contributed by atoms with E-state index < -0.39 is 0 Å². The summed E-state index contributed by atoms with van der Waals surface area (Å²) in [6.07, 6.45) is 7.31. The first-order valence-electron chi connectivity index (χ1n) is 7.37. The second-order valence-electron chi connectivity index (χ2n) is 5.13. The molecule has 0 aromatic carbocycles. The fraction of sp³-hybridized carbons (Fsp3) is 0.250. The van der Waals surface area contributed by atoms with Gasteiger partial charge in [0, 0.05) is 31.7 Å². The number of aliphatic hydroxyl groups excluding tert-OH is 1. The SMILES string of the molecule is O=C(NCCCO)c1cnc2c(c1)ncn2Cc1cccnc1. The summed E-state index contributed by atoms with van der Waals surface area (Å²) in [6, 6.07) is 5.59. The Labute approximate surface area is 133 Å². The van der Waals surface area contributed by atoms with Crippen LogP contribution in [0.3, 0.4) is 0 Å². The first-order valence-corrected chi connectivity index (χ1v) is 7.37. The van der Waals surface area contributed by atoms with Gasteiger partial charge in [-0.1, -0.05) is 6.07 Å². The van der Waals surface area contributed by atoms with Crippen LogP contribution in [0.4, 0.5) is 0 Å². The quantitative estimate of drug-likeness (QED) is 0.662. The van der Waals surface area contributed by atoms with Crippen molar-refractivity contribution in [2.75, 3.05) is 13.2 Å². The van der Waals surface area contributed by atoms with Gasteiger partial charge in [-0.2, -0.15) is 0 Å². The molecule has 0 atom stereocenters. The third kappa shape index (κ3) is 3.51. The molecule has 0 radical (unpaired) electrons. The molecule has 7 nitrogen and oxygen atoms in total. The number of nitrogens with one attached hydrogen (secondary N) is 1. The summed E-state index contributed by atoms with van der Waals surface area (Å²) in [6.45, 7) is 1.11. The van der Waals surface area contributed by atoms with E-state index in [0.29, 0.717) is 30.6 Å². The summed E-state index contributed by atoms with van der Waals surface area (Å²) in [5.74, 6) is -0.213. The van der Waals surface area contributed by atoms with E-state index in [4.69, 9.17) is 5.11 Å². The van der Waals surface area contributed by atoms with Gasteiger partial charge in [-0.05, 0) is 24.1 Å². The minimum Gasteiger partial charge on any atom is -0.396 e. The lowest BCUT2D eigenvalue weighted by Gasteiger charge is -2.05. The monoisotopic (exact) mass is 311 g/mol. The maximum atomic E-state index is 12.0.